The highest BCUT2D eigenvalue weighted by Gasteiger charge is 2.19. The molecule has 0 aliphatic heterocycles. The molecule has 0 aliphatic carbocycles. The molecular formula is C21H18ClN3O3S. The van der Waals surface area contributed by atoms with Crippen LogP contribution in [0.3, 0.4) is 0 Å². The smallest absolute Gasteiger partial charge is 0.265 e. The molecule has 0 saturated heterocycles. The van der Waals surface area contributed by atoms with Crippen molar-refractivity contribution < 1.29 is 14.3 Å². The number of carbonyl (C=O) groups is 1. The largest absolute Gasteiger partial charge is 0.497 e. The minimum atomic E-state index is -0.233. The summed E-state index contributed by atoms with van der Waals surface area (Å²) < 4.78 is 12.4. The molecule has 0 atom stereocenters. The highest BCUT2D eigenvalue weighted by Crippen LogP contribution is 2.35. The summed E-state index contributed by atoms with van der Waals surface area (Å²) in [4.78, 5) is 14.3. The monoisotopic (exact) mass is 427 g/mol. The average Bonchev–Trinajstić information content (AvgIpc) is 3.29. The molecule has 1 N–H and O–H groups in total. The molecule has 4 aromatic rings. The average molecular weight is 428 g/mol. The summed E-state index contributed by atoms with van der Waals surface area (Å²) in [6.45, 7) is 0. The van der Waals surface area contributed by atoms with Crippen LogP contribution in [0.5, 0.6) is 11.5 Å². The van der Waals surface area contributed by atoms with Gasteiger partial charge in [-0.2, -0.15) is 5.10 Å². The van der Waals surface area contributed by atoms with Crippen molar-refractivity contribution in [3.63, 3.8) is 0 Å². The van der Waals surface area contributed by atoms with Crippen LogP contribution < -0.4 is 14.8 Å². The van der Waals surface area contributed by atoms with Crippen molar-refractivity contribution in [1.82, 2.24) is 9.78 Å². The SMILES string of the molecule is COc1cccc(-c2nn(C)c3sc(C(=O)Nc4cc(Cl)ccc4OC)cc23)c1. The van der Waals surface area contributed by atoms with Crippen LogP contribution in [0, 0.1) is 0 Å². The Balaban J connectivity index is 1.71. The van der Waals surface area contributed by atoms with Gasteiger partial charge < -0.3 is 14.8 Å². The minimum Gasteiger partial charge on any atom is -0.497 e. The number of hydrogen-bond donors (Lipinski definition) is 1. The fraction of sp³-hybridized carbons (Fsp3) is 0.143. The number of methoxy groups -OCH3 is 2. The van der Waals surface area contributed by atoms with Gasteiger partial charge >= 0.3 is 0 Å². The normalized spacial score (nSPS) is 10.9. The number of aryl methyl sites for hydroxylation is 1. The summed E-state index contributed by atoms with van der Waals surface area (Å²) in [6.07, 6.45) is 0. The number of nitrogens with one attached hydrogen (secondary N) is 1. The number of nitrogens with zero attached hydrogens (tertiary/aromatic N) is 2. The van der Waals surface area contributed by atoms with Crippen LogP contribution in [0.4, 0.5) is 5.69 Å². The van der Waals surface area contributed by atoms with Gasteiger partial charge in [-0.25, -0.2) is 0 Å². The van der Waals surface area contributed by atoms with Crippen molar-refractivity contribution in [3.8, 4) is 22.8 Å². The van der Waals surface area contributed by atoms with Crippen molar-refractivity contribution in [2.75, 3.05) is 19.5 Å². The number of benzene rings is 2. The zero-order valence-electron chi connectivity index (χ0n) is 16.0. The molecule has 8 heteroatoms. The number of aromatic nitrogens is 2. The van der Waals surface area contributed by atoms with E-state index in [-0.39, 0.29) is 5.91 Å². The second-order valence-corrected chi connectivity index (χ2v) is 7.80. The first kappa shape index (κ1) is 19.3. The molecule has 0 bridgehead atoms. The first-order valence-corrected chi connectivity index (χ1v) is 9.95. The Labute approximate surface area is 176 Å². The van der Waals surface area contributed by atoms with Crippen molar-refractivity contribution in [2.24, 2.45) is 7.05 Å². The second kappa shape index (κ2) is 7.77. The topological polar surface area (TPSA) is 65.4 Å². The maximum absolute atomic E-state index is 12.9. The van der Waals surface area contributed by atoms with Crippen molar-refractivity contribution in [2.45, 2.75) is 0 Å². The molecule has 0 saturated carbocycles. The fourth-order valence-corrected chi connectivity index (χ4v) is 4.24. The summed E-state index contributed by atoms with van der Waals surface area (Å²) >= 11 is 7.44. The Morgan fingerprint density at radius 2 is 1.97 bits per heavy atom. The number of thiophene rings is 1. The lowest BCUT2D eigenvalue weighted by Crippen LogP contribution is -2.11. The quantitative estimate of drug-likeness (QED) is 0.474. The lowest BCUT2D eigenvalue weighted by atomic mass is 10.1. The van der Waals surface area contributed by atoms with Gasteiger partial charge in [0.25, 0.3) is 5.91 Å². The van der Waals surface area contributed by atoms with Crippen molar-refractivity contribution >= 4 is 44.7 Å². The first-order valence-electron chi connectivity index (χ1n) is 8.76. The molecule has 1 amide bonds. The number of anilines is 1. The lowest BCUT2D eigenvalue weighted by Gasteiger charge is -2.09. The third-order valence-electron chi connectivity index (χ3n) is 4.49. The molecule has 0 unspecified atom stereocenters. The van der Waals surface area contributed by atoms with Gasteiger partial charge in [0, 0.05) is 23.0 Å². The van der Waals surface area contributed by atoms with Gasteiger partial charge in [-0.05, 0) is 36.4 Å². The van der Waals surface area contributed by atoms with Gasteiger partial charge in [0.2, 0.25) is 0 Å². The predicted molar refractivity (Wildman–Crippen MR) is 117 cm³/mol. The summed E-state index contributed by atoms with van der Waals surface area (Å²) in [5.74, 6) is 1.06. The number of hydrogen-bond acceptors (Lipinski definition) is 5. The summed E-state index contributed by atoms with van der Waals surface area (Å²) in [5.41, 5.74) is 2.25. The first-order chi connectivity index (χ1) is 14.0. The van der Waals surface area contributed by atoms with Gasteiger partial charge in [0.05, 0.1) is 24.8 Å². The number of halogens is 1. The highest BCUT2D eigenvalue weighted by molar-refractivity contribution is 7.20. The zero-order chi connectivity index (χ0) is 20.5. The Kier molecular flexibility index (Phi) is 5.17. The minimum absolute atomic E-state index is 0.233. The molecule has 0 spiro atoms. The van der Waals surface area contributed by atoms with Crippen LogP contribution in [0.25, 0.3) is 21.5 Å². The number of carbonyl (C=O) groups excluding carboxylic acids is 1. The summed E-state index contributed by atoms with van der Waals surface area (Å²) in [5, 5.41) is 8.93. The number of fused-ring (bicyclic) bond motifs is 1. The fourth-order valence-electron chi connectivity index (χ4n) is 3.10. The molecule has 29 heavy (non-hydrogen) atoms. The van der Waals surface area contributed by atoms with Crippen LogP contribution in [-0.4, -0.2) is 29.9 Å². The molecule has 2 aromatic carbocycles. The van der Waals surface area contributed by atoms with Gasteiger partial charge in [-0.3, -0.25) is 9.48 Å². The van der Waals surface area contributed by atoms with E-state index in [1.807, 2.05) is 37.4 Å². The third kappa shape index (κ3) is 3.66. The molecule has 6 nitrogen and oxygen atoms in total. The van der Waals surface area contributed by atoms with Gasteiger partial charge in [-0.15, -0.1) is 11.3 Å². The molecule has 0 radical (unpaired) electrons. The Morgan fingerprint density at radius 3 is 2.72 bits per heavy atom. The van der Waals surface area contributed by atoms with Gasteiger partial charge in [-0.1, -0.05) is 23.7 Å². The Bertz CT molecular complexity index is 1220. The molecule has 2 heterocycles. The van der Waals surface area contributed by atoms with E-state index in [4.69, 9.17) is 21.1 Å². The number of ether oxygens (including phenoxy) is 2. The Hall–Kier alpha value is -3.03. The van der Waals surface area contributed by atoms with Crippen LogP contribution in [0.15, 0.2) is 48.5 Å². The van der Waals surface area contributed by atoms with Crippen molar-refractivity contribution in [1.29, 1.82) is 0 Å². The van der Waals surface area contributed by atoms with Crippen LogP contribution in [0.1, 0.15) is 9.67 Å². The Morgan fingerprint density at radius 1 is 1.14 bits per heavy atom. The van der Waals surface area contributed by atoms with E-state index in [0.29, 0.717) is 21.3 Å². The van der Waals surface area contributed by atoms with Gasteiger partial charge in [0.15, 0.2) is 0 Å². The number of rotatable bonds is 5. The van der Waals surface area contributed by atoms with E-state index >= 15 is 0 Å². The maximum Gasteiger partial charge on any atom is 0.265 e. The van der Waals surface area contributed by atoms with E-state index in [9.17, 15) is 4.79 Å². The highest BCUT2D eigenvalue weighted by atomic mass is 35.5. The number of amides is 1. The summed E-state index contributed by atoms with van der Waals surface area (Å²) in [7, 11) is 5.04. The van der Waals surface area contributed by atoms with Crippen molar-refractivity contribution in [3.05, 3.63) is 58.4 Å². The molecule has 148 valence electrons. The standard InChI is InChI=1S/C21H18ClN3O3S/c1-25-21-15(19(24-25)12-5-4-6-14(9-12)27-2)11-18(29-21)20(26)23-16-10-13(22)7-8-17(16)28-3/h4-11H,1-3H3,(H,23,26). The van der Waals surface area contributed by atoms with Crippen LogP contribution in [-0.2, 0) is 7.05 Å². The molecule has 4 rings (SSSR count). The molecule has 2 aromatic heterocycles. The van der Waals surface area contributed by atoms with E-state index in [0.717, 1.165) is 27.2 Å². The molecule has 0 fully saturated rings. The third-order valence-corrected chi connectivity index (χ3v) is 5.92. The second-order valence-electron chi connectivity index (χ2n) is 6.33. The predicted octanol–water partition coefficient (Wildman–Crippen LogP) is 5.22. The molecule has 0 aliphatic rings. The van der Waals surface area contributed by atoms with Gasteiger partial charge in [0.1, 0.15) is 22.0 Å². The van der Waals surface area contributed by atoms with Crippen LogP contribution in [0.2, 0.25) is 5.02 Å². The summed E-state index contributed by atoms with van der Waals surface area (Å²) in [6, 6.07) is 14.6. The van der Waals surface area contributed by atoms with Crippen LogP contribution >= 0.6 is 22.9 Å². The maximum atomic E-state index is 12.9. The van der Waals surface area contributed by atoms with E-state index in [1.54, 1.807) is 37.1 Å². The lowest BCUT2D eigenvalue weighted by molar-refractivity contribution is 0.103. The zero-order valence-corrected chi connectivity index (χ0v) is 17.6. The molecular weight excluding hydrogens is 410 g/mol. The van der Waals surface area contributed by atoms with E-state index in [2.05, 4.69) is 10.4 Å². The van der Waals surface area contributed by atoms with E-state index in [1.165, 1.54) is 11.3 Å². The van der Waals surface area contributed by atoms with E-state index < -0.39 is 0 Å².